The van der Waals surface area contributed by atoms with E-state index in [2.05, 4.69) is 13.8 Å². The predicted molar refractivity (Wildman–Crippen MR) is 108 cm³/mol. The van der Waals surface area contributed by atoms with Crippen molar-refractivity contribution >= 4 is 16.1 Å². The van der Waals surface area contributed by atoms with Gasteiger partial charge in [0.2, 0.25) is 0 Å². The molecule has 5 atom stereocenters. The first kappa shape index (κ1) is 21.6. The van der Waals surface area contributed by atoms with Gasteiger partial charge in [-0.25, -0.2) is 9.18 Å². The number of halogens is 1. The molecule has 0 aromatic heterocycles. The van der Waals surface area contributed by atoms with Gasteiger partial charge < -0.3 is 9.47 Å². The van der Waals surface area contributed by atoms with E-state index in [1.807, 2.05) is 0 Å². The van der Waals surface area contributed by atoms with E-state index in [0.29, 0.717) is 17.8 Å². The van der Waals surface area contributed by atoms with Crippen LogP contribution < -0.4 is 4.74 Å². The van der Waals surface area contributed by atoms with Crippen LogP contribution in [0.15, 0.2) is 18.2 Å². The highest BCUT2D eigenvalue weighted by molar-refractivity contribution is 7.85. The standard InChI is InChI=1S/C22H29FO6S/c1-13(2)22(12-15-10-18(22)17-5-3-4-16(15)17)29-20-11-14(6-7-19(20)23)21(24)28-8-9-30(25,26)27/h6-7,11,13,15-18H,3-5,8-10,12H2,1-2H3,(H,25,26,27). The average Bonchev–Trinajstić information content (AvgIpc) is 3.34. The van der Waals surface area contributed by atoms with Crippen molar-refractivity contribution < 1.29 is 31.6 Å². The third kappa shape index (κ3) is 3.84. The van der Waals surface area contributed by atoms with Gasteiger partial charge in [0.1, 0.15) is 18.0 Å². The maximum Gasteiger partial charge on any atom is 0.338 e. The van der Waals surface area contributed by atoms with Crippen molar-refractivity contribution in [2.24, 2.45) is 29.6 Å². The van der Waals surface area contributed by atoms with Crippen molar-refractivity contribution in [3.8, 4) is 5.75 Å². The van der Waals surface area contributed by atoms with Crippen LogP contribution in [-0.4, -0.2) is 36.9 Å². The second-order valence-electron chi connectivity index (χ2n) is 9.34. The van der Waals surface area contributed by atoms with Crippen molar-refractivity contribution in [2.75, 3.05) is 12.4 Å². The first-order valence-corrected chi connectivity index (χ1v) is 12.3. The molecular formula is C22H29FO6S. The number of carbonyl (C=O) groups excluding carboxylic acids is 1. The van der Waals surface area contributed by atoms with Crippen molar-refractivity contribution in [3.63, 3.8) is 0 Å². The van der Waals surface area contributed by atoms with E-state index >= 15 is 0 Å². The number of carbonyl (C=O) groups is 1. The van der Waals surface area contributed by atoms with E-state index in [0.717, 1.165) is 18.8 Å². The Morgan fingerprint density at radius 3 is 2.73 bits per heavy atom. The zero-order valence-corrected chi connectivity index (χ0v) is 18.2. The summed E-state index contributed by atoms with van der Waals surface area (Å²) in [4.78, 5) is 12.2. The number of hydrogen-bond donors (Lipinski definition) is 1. The second kappa shape index (κ2) is 7.79. The maximum absolute atomic E-state index is 14.6. The lowest BCUT2D eigenvalue weighted by atomic mass is 9.68. The minimum absolute atomic E-state index is 0.0371. The zero-order valence-electron chi connectivity index (χ0n) is 17.3. The normalized spacial score (nSPS) is 32.4. The Morgan fingerprint density at radius 1 is 1.30 bits per heavy atom. The van der Waals surface area contributed by atoms with Gasteiger partial charge in [0.15, 0.2) is 11.6 Å². The lowest BCUT2D eigenvalue weighted by Gasteiger charge is -2.46. The van der Waals surface area contributed by atoms with Gasteiger partial charge in [0, 0.05) is 5.92 Å². The van der Waals surface area contributed by atoms with E-state index in [4.69, 9.17) is 14.0 Å². The molecule has 5 unspecified atom stereocenters. The topological polar surface area (TPSA) is 89.9 Å². The summed E-state index contributed by atoms with van der Waals surface area (Å²) in [5.74, 6) is 0.685. The molecule has 2 bridgehead atoms. The van der Waals surface area contributed by atoms with Crippen molar-refractivity contribution in [3.05, 3.63) is 29.6 Å². The van der Waals surface area contributed by atoms with Crippen molar-refractivity contribution in [1.29, 1.82) is 0 Å². The van der Waals surface area contributed by atoms with Crippen LogP contribution in [0.4, 0.5) is 4.39 Å². The highest BCUT2D eigenvalue weighted by Gasteiger charge is 2.63. The van der Waals surface area contributed by atoms with E-state index in [9.17, 15) is 17.6 Å². The number of fused-ring (bicyclic) bond motifs is 5. The minimum atomic E-state index is -4.22. The first-order chi connectivity index (χ1) is 14.1. The van der Waals surface area contributed by atoms with E-state index in [-0.39, 0.29) is 17.2 Å². The Hall–Kier alpha value is -1.67. The van der Waals surface area contributed by atoms with Crippen LogP contribution in [0.25, 0.3) is 0 Å². The summed E-state index contributed by atoms with van der Waals surface area (Å²) in [5.41, 5.74) is -0.354. The fourth-order valence-electron chi connectivity index (χ4n) is 6.27. The third-order valence-electron chi connectivity index (χ3n) is 7.53. The van der Waals surface area contributed by atoms with Crippen LogP contribution in [0.3, 0.4) is 0 Å². The quantitative estimate of drug-likeness (QED) is 0.507. The number of hydrogen-bond acceptors (Lipinski definition) is 5. The Labute approximate surface area is 176 Å². The first-order valence-electron chi connectivity index (χ1n) is 10.7. The molecule has 8 heteroatoms. The average molecular weight is 441 g/mol. The van der Waals surface area contributed by atoms with Crippen LogP contribution in [0.5, 0.6) is 5.75 Å². The van der Waals surface area contributed by atoms with Crippen molar-refractivity contribution in [2.45, 2.75) is 51.6 Å². The van der Waals surface area contributed by atoms with Crippen LogP contribution >= 0.6 is 0 Å². The van der Waals surface area contributed by atoms with Gasteiger partial charge in [-0.3, -0.25) is 4.55 Å². The van der Waals surface area contributed by atoms with Crippen molar-refractivity contribution in [1.82, 2.24) is 0 Å². The minimum Gasteiger partial charge on any atom is -0.484 e. The molecular weight excluding hydrogens is 411 g/mol. The number of ether oxygens (including phenoxy) is 2. The fraction of sp³-hybridized carbons (Fsp3) is 0.682. The Balaban J connectivity index is 1.54. The molecule has 0 aliphatic heterocycles. The third-order valence-corrected chi connectivity index (χ3v) is 8.21. The molecule has 3 saturated carbocycles. The molecule has 1 aromatic rings. The molecule has 0 saturated heterocycles. The molecule has 0 amide bonds. The smallest absolute Gasteiger partial charge is 0.338 e. The summed E-state index contributed by atoms with van der Waals surface area (Å²) >= 11 is 0. The van der Waals surface area contributed by atoms with E-state index < -0.39 is 39.9 Å². The summed E-state index contributed by atoms with van der Waals surface area (Å²) in [6, 6.07) is 3.80. The molecule has 3 aliphatic rings. The molecule has 166 valence electrons. The van der Waals surface area contributed by atoms with Crippen LogP contribution in [0.1, 0.15) is 56.3 Å². The Kier molecular flexibility index (Phi) is 5.60. The van der Waals surface area contributed by atoms with Gasteiger partial charge in [-0.15, -0.1) is 0 Å². The molecule has 0 spiro atoms. The highest BCUT2D eigenvalue weighted by atomic mass is 32.2. The number of benzene rings is 1. The molecule has 6 nitrogen and oxygen atoms in total. The summed E-state index contributed by atoms with van der Waals surface area (Å²) in [7, 11) is -4.22. The van der Waals surface area contributed by atoms with Gasteiger partial charge in [-0.1, -0.05) is 20.3 Å². The largest absolute Gasteiger partial charge is 0.484 e. The molecule has 0 heterocycles. The van der Waals surface area contributed by atoms with E-state index in [1.54, 1.807) is 0 Å². The molecule has 1 aromatic carbocycles. The molecule has 3 aliphatic carbocycles. The summed E-state index contributed by atoms with van der Waals surface area (Å²) in [6.07, 6.45) is 5.81. The SMILES string of the molecule is CC(C)C1(Oc2cc(C(=O)OCCS(=O)(=O)O)ccc2F)CC2CC1C1CCCC21. The van der Waals surface area contributed by atoms with Gasteiger partial charge in [-0.2, -0.15) is 8.42 Å². The zero-order chi connectivity index (χ0) is 21.7. The Morgan fingerprint density at radius 2 is 2.03 bits per heavy atom. The molecule has 0 radical (unpaired) electrons. The highest BCUT2D eigenvalue weighted by Crippen LogP contribution is 2.65. The van der Waals surface area contributed by atoms with Gasteiger partial charge >= 0.3 is 5.97 Å². The van der Waals surface area contributed by atoms with Gasteiger partial charge in [0.25, 0.3) is 10.1 Å². The maximum atomic E-state index is 14.6. The predicted octanol–water partition coefficient (Wildman–Crippen LogP) is 4.10. The number of rotatable bonds is 7. The Bertz CT molecular complexity index is 930. The second-order valence-corrected chi connectivity index (χ2v) is 10.9. The van der Waals surface area contributed by atoms with E-state index in [1.165, 1.54) is 37.5 Å². The van der Waals surface area contributed by atoms with Gasteiger partial charge in [0.05, 0.1) is 5.56 Å². The monoisotopic (exact) mass is 440 g/mol. The fourth-order valence-corrected chi connectivity index (χ4v) is 6.57. The van der Waals surface area contributed by atoms with Gasteiger partial charge in [-0.05, 0) is 67.6 Å². The molecule has 1 N–H and O–H groups in total. The van der Waals surface area contributed by atoms with Crippen LogP contribution in [0, 0.1) is 35.4 Å². The van der Waals surface area contributed by atoms with Crippen LogP contribution in [0.2, 0.25) is 0 Å². The molecule has 4 rings (SSSR count). The summed E-state index contributed by atoms with van der Waals surface area (Å²) in [6.45, 7) is 3.76. The lowest BCUT2D eigenvalue weighted by molar-refractivity contribution is -0.0605. The summed E-state index contributed by atoms with van der Waals surface area (Å²) in [5, 5.41) is 0. The molecule has 3 fully saturated rings. The lowest BCUT2D eigenvalue weighted by Crippen LogP contribution is -2.50. The van der Waals surface area contributed by atoms with Crippen LogP contribution in [-0.2, 0) is 14.9 Å². The summed E-state index contributed by atoms with van der Waals surface area (Å²) < 4.78 is 56.3. The molecule has 30 heavy (non-hydrogen) atoms. The number of esters is 1.